The van der Waals surface area contributed by atoms with Crippen LogP contribution in [0.15, 0.2) is 18.2 Å². The largest absolute Gasteiger partial charge is 0.493 e. The molecule has 0 bridgehead atoms. The van der Waals surface area contributed by atoms with E-state index < -0.39 is 0 Å². The summed E-state index contributed by atoms with van der Waals surface area (Å²) in [5.74, 6) is 1.70. The molecule has 2 fully saturated rings. The van der Waals surface area contributed by atoms with Crippen molar-refractivity contribution in [2.24, 2.45) is 5.41 Å². The summed E-state index contributed by atoms with van der Waals surface area (Å²) >= 11 is 0. The normalized spacial score (nSPS) is 25.0. The highest BCUT2D eigenvalue weighted by molar-refractivity contribution is 5.43. The summed E-state index contributed by atoms with van der Waals surface area (Å²) in [4.78, 5) is 2.58. The minimum Gasteiger partial charge on any atom is -0.493 e. The molecule has 122 valence electrons. The van der Waals surface area contributed by atoms with Crippen molar-refractivity contribution < 1.29 is 9.47 Å². The first-order valence-corrected chi connectivity index (χ1v) is 8.47. The Balaban J connectivity index is 1.63. The van der Waals surface area contributed by atoms with Gasteiger partial charge >= 0.3 is 0 Å². The van der Waals surface area contributed by atoms with E-state index in [-0.39, 0.29) is 0 Å². The van der Waals surface area contributed by atoms with Crippen LogP contribution in [0.1, 0.15) is 31.7 Å². The fourth-order valence-electron chi connectivity index (χ4n) is 3.71. The Labute approximate surface area is 133 Å². The van der Waals surface area contributed by atoms with Crippen molar-refractivity contribution in [3.8, 4) is 11.5 Å². The highest BCUT2D eigenvalue weighted by Gasteiger charge is 2.40. The standard InChI is InChI=1S/C18H28N2O2/c1-3-10-22-16-5-4-15(11-17(16)21-2)12-20-9-7-18(14-20)6-8-19-13-18/h4-5,11,19H,3,6-10,12-14H2,1-2H3. The first-order valence-electron chi connectivity index (χ1n) is 8.47. The van der Waals surface area contributed by atoms with Crippen LogP contribution in [0.3, 0.4) is 0 Å². The van der Waals surface area contributed by atoms with Crippen molar-refractivity contribution in [2.75, 3.05) is 39.9 Å². The Morgan fingerprint density at radius 2 is 2.18 bits per heavy atom. The average molecular weight is 304 g/mol. The van der Waals surface area contributed by atoms with Crippen LogP contribution in [0.4, 0.5) is 0 Å². The van der Waals surface area contributed by atoms with Crippen molar-refractivity contribution in [3.05, 3.63) is 23.8 Å². The number of nitrogens with one attached hydrogen (secondary N) is 1. The van der Waals surface area contributed by atoms with Crippen LogP contribution in [0.2, 0.25) is 0 Å². The van der Waals surface area contributed by atoms with E-state index in [0.29, 0.717) is 5.41 Å². The first kappa shape index (κ1) is 15.6. The predicted octanol–water partition coefficient (Wildman–Crippen LogP) is 2.67. The van der Waals surface area contributed by atoms with Gasteiger partial charge in [0.15, 0.2) is 11.5 Å². The first-order chi connectivity index (χ1) is 10.7. The summed E-state index contributed by atoms with van der Waals surface area (Å²) in [6.45, 7) is 8.65. The number of benzene rings is 1. The molecule has 1 spiro atoms. The fourth-order valence-corrected chi connectivity index (χ4v) is 3.71. The SMILES string of the molecule is CCCOc1ccc(CN2CCC3(CCNC3)C2)cc1OC. The molecule has 1 N–H and O–H groups in total. The second kappa shape index (κ2) is 6.88. The Bertz CT molecular complexity index is 498. The Kier molecular flexibility index (Phi) is 4.89. The molecule has 22 heavy (non-hydrogen) atoms. The third kappa shape index (κ3) is 3.39. The van der Waals surface area contributed by atoms with E-state index in [9.17, 15) is 0 Å². The van der Waals surface area contributed by atoms with E-state index in [1.54, 1.807) is 7.11 Å². The van der Waals surface area contributed by atoms with Gasteiger partial charge in [-0.05, 0) is 55.5 Å². The van der Waals surface area contributed by atoms with Crippen molar-refractivity contribution >= 4 is 0 Å². The van der Waals surface area contributed by atoms with Crippen LogP contribution < -0.4 is 14.8 Å². The molecular weight excluding hydrogens is 276 g/mol. The zero-order valence-corrected chi connectivity index (χ0v) is 13.9. The van der Waals surface area contributed by atoms with Crippen LogP contribution >= 0.6 is 0 Å². The van der Waals surface area contributed by atoms with Crippen molar-refractivity contribution in [1.82, 2.24) is 10.2 Å². The molecule has 2 aliphatic rings. The summed E-state index contributed by atoms with van der Waals surface area (Å²) in [5, 5.41) is 3.52. The third-order valence-corrected chi connectivity index (χ3v) is 4.95. The lowest BCUT2D eigenvalue weighted by Crippen LogP contribution is -2.28. The smallest absolute Gasteiger partial charge is 0.161 e. The fraction of sp³-hybridized carbons (Fsp3) is 0.667. The van der Waals surface area contributed by atoms with Crippen LogP contribution in [0, 0.1) is 5.41 Å². The van der Waals surface area contributed by atoms with Crippen molar-refractivity contribution in [2.45, 2.75) is 32.7 Å². The Hall–Kier alpha value is -1.26. The van der Waals surface area contributed by atoms with E-state index in [2.05, 4.69) is 29.3 Å². The van der Waals surface area contributed by atoms with E-state index >= 15 is 0 Å². The van der Waals surface area contributed by atoms with Gasteiger partial charge in [0.25, 0.3) is 0 Å². The molecule has 4 heteroatoms. The summed E-state index contributed by atoms with van der Waals surface area (Å²) in [6.07, 6.45) is 3.67. The topological polar surface area (TPSA) is 33.7 Å². The predicted molar refractivity (Wildman–Crippen MR) is 88.6 cm³/mol. The Morgan fingerprint density at radius 1 is 1.27 bits per heavy atom. The molecule has 2 heterocycles. The zero-order chi connectivity index (χ0) is 15.4. The van der Waals surface area contributed by atoms with Gasteiger partial charge < -0.3 is 14.8 Å². The lowest BCUT2D eigenvalue weighted by atomic mass is 9.86. The van der Waals surface area contributed by atoms with Gasteiger partial charge in [-0.3, -0.25) is 4.90 Å². The van der Waals surface area contributed by atoms with Gasteiger partial charge in [0.1, 0.15) is 0 Å². The lowest BCUT2D eigenvalue weighted by molar-refractivity contribution is 0.267. The van der Waals surface area contributed by atoms with Gasteiger partial charge in [0.2, 0.25) is 0 Å². The number of hydrogen-bond acceptors (Lipinski definition) is 4. The average Bonchev–Trinajstić information content (AvgIpc) is 3.16. The molecule has 1 atom stereocenters. The van der Waals surface area contributed by atoms with Gasteiger partial charge in [-0.1, -0.05) is 13.0 Å². The van der Waals surface area contributed by atoms with Gasteiger partial charge in [0, 0.05) is 19.6 Å². The molecule has 1 unspecified atom stereocenters. The minimum atomic E-state index is 0.536. The van der Waals surface area contributed by atoms with Crippen LogP contribution in [0.25, 0.3) is 0 Å². The summed E-state index contributed by atoms with van der Waals surface area (Å²) in [5.41, 5.74) is 1.84. The van der Waals surface area contributed by atoms with E-state index in [1.807, 2.05) is 6.07 Å². The highest BCUT2D eigenvalue weighted by atomic mass is 16.5. The second-order valence-corrected chi connectivity index (χ2v) is 6.72. The number of rotatable bonds is 6. The van der Waals surface area contributed by atoms with Gasteiger partial charge in [-0.15, -0.1) is 0 Å². The maximum absolute atomic E-state index is 5.73. The number of nitrogens with zero attached hydrogens (tertiary/aromatic N) is 1. The van der Waals surface area contributed by atoms with Gasteiger partial charge in [0.05, 0.1) is 13.7 Å². The zero-order valence-electron chi connectivity index (χ0n) is 13.9. The second-order valence-electron chi connectivity index (χ2n) is 6.72. The molecule has 0 aliphatic carbocycles. The molecule has 0 radical (unpaired) electrons. The van der Waals surface area contributed by atoms with Gasteiger partial charge in [-0.25, -0.2) is 0 Å². The molecule has 0 aromatic heterocycles. The maximum Gasteiger partial charge on any atom is 0.161 e. The molecule has 4 nitrogen and oxygen atoms in total. The highest BCUT2D eigenvalue weighted by Crippen LogP contribution is 2.37. The lowest BCUT2D eigenvalue weighted by Gasteiger charge is -2.23. The molecule has 0 amide bonds. The van der Waals surface area contributed by atoms with Crippen LogP contribution in [0.5, 0.6) is 11.5 Å². The van der Waals surface area contributed by atoms with Gasteiger partial charge in [-0.2, -0.15) is 0 Å². The Morgan fingerprint density at radius 3 is 2.91 bits per heavy atom. The number of ether oxygens (including phenoxy) is 2. The molecule has 3 rings (SSSR count). The monoisotopic (exact) mass is 304 g/mol. The molecule has 1 aromatic carbocycles. The molecule has 2 saturated heterocycles. The summed E-state index contributed by atoms with van der Waals surface area (Å²) < 4.78 is 11.2. The number of methoxy groups -OCH3 is 1. The minimum absolute atomic E-state index is 0.536. The number of hydrogen-bond donors (Lipinski definition) is 1. The third-order valence-electron chi connectivity index (χ3n) is 4.95. The molecular formula is C18H28N2O2. The maximum atomic E-state index is 5.73. The van der Waals surface area contributed by atoms with Crippen molar-refractivity contribution in [1.29, 1.82) is 0 Å². The van der Waals surface area contributed by atoms with Crippen molar-refractivity contribution in [3.63, 3.8) is 0 Å². The van der Waals surface area contributed by atoms with Crippen LogP contribution in [-0.2, 0) is 6.54 Å². The molecule has 1 aromatic rings. The van der Waals surface area contributed by atoms with E-state index in [0.717, 1.165) is 31.1 Å². The van der Waals surface area contributed by atoms with E-state index in [1.165, 1.54) is 44.6 Å². The van der Waals surface area contributed by atoms with Crippen LogP contribution in [-0.4, -0.2) is 44.8 Å². The quantitative estimate of drug-likeness (QED) is 0.876. The summed E-state index contributed by atoms with van der Waals surface area (Å²) in [6, 6.07) is 6.35. The molecule has 2 aliphatic heterocycles. The summed E-state index contributed by atoms with van der Waals surface area (Å²) in [7, 11) is 1.72. The number of likely N-dealkylation sites (tertiary alicyclic amines) is 1. The molecule has 0 saturated carbocycles. The van der Waals surface area contributed by atoms with E-state index in [4.69, 9.17) is 9.47 Å².